The van der Waals surface area contributed by atoms with Crippen LogP contribution in [0.5, 0.6) is 0 Å². The van der Waals surface area contributed by atoms with E-state index >= 15 is 0 Å². The summed E-state index contributed by atoms with van der Waals surface area (Å²) in [6.45, 7) is 7.45. The number of piperazine rings is 1. The Morgan fingerprint density at radius 2 is 1.97 bits per heavy atom. The zero-order valence-corrected chi connectivity index (χ0v) is 16.7. The van der Waals surface area contributed by atoms with Gasteiger partial charge in [-0.1, -0.05) is 5.21 Å². The first kappa shape index (κ1) is 20.7. The van der Waals surface area contributed by atoms with Gasteiger partial charge in [0.15, 0.2) is 12.0 Å². The minimum Gasteiger partial charge on any atom is -0.352 e. The smallest absolute Gasteiger partial charge is 0.276 e. The number of nitrogens with zero attached hydrogens (tertiary/aromatic N) is 7. The third-order valence-corrected chi connectivity index (χ3v) is 4.57. The van der Waals surface area contributed by atoms with Crippen molar-refractivity contribution in [2.45, 2.75) is 26.7 Å². The van der Waals surface area contributed by atoms with Crippen LogP contribution in [0.25, 0.3) is 0 Å². The van der Waals surface area contributed by atoms with E-state index in [-0.39, 0.29) is 5.91 Å². The van der Waals surface area contributed by atoms with Gasteiger partial charge in [-0.15, -0.1) is 5.10 Å². The van der Waals surface area contributed by atoms with Gasteiger partial charge in [-0.2, -0.15) is 5.26 Å². The van der Waals surface area contributed by atoms with Crippen molar-refractivity contribution in [2.24, 2.45) is 0 Å². The average molecular weight is 399 g/mol. The lowest BCUT2D eigenvalue weighted by atomic mass is 10.2. The second-order valence-corrected chi connectivity index (χ2v) is 6.43. The van der Waals surface area contributed by atoms with Crippen LogP contribution >= 0.6 is 0 Å². The van der Waals surface area contributed by atoms with Crippen molar-refractivity contribution in [3.05, 3.63) is 35.8 Å². The monoisotopic (exact) mass is 399 g/mol. The number of rotatable bonds is 8. The number of carbonyl (C=O) groups is 1. The molecule has 0 unspecified atom stereocenters. The molecule has 0 spiro atoms. The molecule has 0 aromatic carbocycles. The molecule has 0 radical (unpaired) electrons. The van der Waals surface area contributed by atoms with Gasteiger partial charge in [-0.3, -0.25) is 4.79 Å². The normalized spacial score (nSPS) is 14.3. The van der Waals surface area contributed by atoms with Crippen LogP contribution in [0.2, 0.25) is 0 Å². The maximum absolute atomic E-state index is 12.8. The lowest BCUT2D eigenvalue weighted by molar-refractivity contribution is -0.145. The highest BCUT2D eigenvalue weighted by Gasteiger charge is 2.26. The maximum atomic E-state index is 12.8. The van der Waals surface area contributed by atoms with Crippen molar-refractivity contribution in [3.8, 4) is 6.07 Å². The Kier molecular flexibility index (Phi) is 7.10. The fourth-order valence-corrected chi connectivity index (χ4v) is 3.18. The predicted octanol–water partition coefficient (Wildman–Crippen LogP) is 0.906. The molecule has 1 aliphatic rings. The molecule has 1 amide bonds. The van der Waals surface area contributed by atoms with Crippen LogP contribution in [-0.2, 0) is 16.0 Å². The van der Waals surface area contributed by atoms with E-state index < -0.39 is 6.29 Å². The zero-order valence-electron chi connectivity index (χ0n) is 16.7. The van der Waals surface area contributed by atoms with Gasteiger partial charge >= 0.3 is 0 Å². The van der Waals surface area contributed by atoms with E-state index in [2.05, 4.69) is 21.4 Å². The Morgan fingerprint density at radius 3 is 2.62 bits per heavy atom. The molecule has 0 aliphatic carbocycles. The minimum absolute atomic E-state index is 0.165. The van der Waals surface area contributed by atoms with Crippen molar-refractivity contribution in [3.63, 3.8) is 0 Å². The number of amides is 1. The van der Waals surface area contributed by atoms with Crippen LogP contribution in [-0.4, -0.2) is 76.5 Å². The molecule has 154 valence electrons. The quantitative estimate of drug-likeness (QED) is 0.603. The van der Waals surface area contributed by atoms with Gasteiger partial charge in [-0.25, -0.2) is 9.67 Å². The largest absolute Gasteiger partial charge is 0.352 e. The molecular weight excluding hydrogens is 374 g/mol. The molecular formula is C19H25N7O3. The standard InChI is InChI=1S/C19H25N7O3/c1-3-28-17(29-4-2)14-26-13-16(22-23-26)19(27)25-10-8-24(9-11-25)18-15(12-20)6-5-7-21-18/h5-7,13,17H,3-4,8-11,14H2,1-2H3. The van der Waals surface area contributed by atoms with Crippen molar-refractivity contribution in [1.82, 2.24) is 24.9 Å². The summed E-state index contributed by atoms with van der Waals surface area (Å²) in [6, 6.07) is 5.65. The highest BCUT2D eigenvalue weighted by atomic mass is 16.7. The summed E-state index contributed by atoms with van der Waals surface area (Å²) in [5.41, 5.74) is 0.828. The first-order valence-electron chi connectivity index (χ1n) is 9.68. The number of anilines is 1. The molecule has 2 aromatic heterocycles. The highest BCUT2D eigenvalue weighted by molar-refractivity contribution is 5.92. The molecule has 1 fully saturated rings. The van der Waals surface area contributed by atoms with Crippen LogP contribution in [0.3, 0.4) is 0 Å². The molecule has 2 aromatic rings. The number of hydrogen-bond donors (Lipinski definition) is 0. The second-order valence-electron chi connectivity index (χ2n) is 6.43. The van der Waals surface area contributed by atoms with Gasteiger partial charge in [0.2, 0.25) is 0 Å². The van der Waals surface area contributed by atoms with Crippen molar-refractivity contribution in [2.75, 3.05) is 44.3 Å². The van der Waals surface area contributed by atoms with Crippen molar-refractivity contribution >= 4 is 11.7 Å². The molecule has 3 heterocycles. The highest BCUT2D eigenvalue weighted by Crippen LogP contribution is 2.18. The first-order chi connectivity index (χ1) is 14.2. The molecule has 0 atom stereocenters. The Bertz CT molecular complexity index is 849. The zero-order chi connectivity index (χ0) is 20.6. The summed E-state index contributed by atoms with van der Waals surface area (Å²) in [5, 5.41) is 17.3. The summed E-state index contributed by atoms with van der Waals surface area (Å²) in [4.78, 5) is 20.9. The molecule has 0 bridgehead atoms. The number of pyridine rings is 1. The number of ether oxygens (including phenoxy) is 2. The number of nitriles is 1. The minimum atomic E-state index is -0.425. The SMILES string of the molecule is CCOC(Cn1cc(C(=O)N2CCN(c3ncccc3C#N)CC2)nn1)OCC. The summed E-state index contributed by atoms with van der Waals surface area (Å²) >= 11 is 0. The molecule has 3 rings (SSSR count). The second kappa shape index (κ2) is 9.95. The molecule has 1 saturated heterocycles. The first-order valence-corrected chi connectivity index (χ1v) is 9.68. The fraction of sp³-hybridized carbons (Fsp3) is 0.526. The van der Waals surface area contributed by atoms with Crippen molar-refractivity contribution in [1.29, 1.82) is 5.26 Å². The summed E-state index contributed by atoms with van der Waals surface area (Å²) < 4.78 is 12.6. The van der Waals surface area contributed by atoms with E-state index in [1.165, 1.54) is 0 Å². The van der Waals surface area contributed by atoms with Crippen LogP contribution < -0.4 is 4.90 Å². The summed E-state index contributed by atoms with van der Waals surface area (Å²) in [5.74, 6) is 0.493. The molecule has 10 nitrogen and oxygen atoms in total. The van der Waals surface area contributed by atoms with Gasteiger partial charge in [0, 0.05) is 45.6 Å². The third kappa shape index (κ3) is 5.07. The fourth-order valence-electron chi connectivity index (χ4n) is 3.18. The Morgan fingerprint density at radius 1 is 1.24 bits per heavy atom. The molecule has 0 N–H and O–H groups in total. The van der Waals surface area contributed by atoms with E-state index in [1.54, 1.807) is 34.1 Å². The average Bonchev–Trinajstić information content (AvgIpc) is 3.22. The lowest BCUT2D eigenvalue weighted by Gasteiger charge is -2.35. The third-order valence-electron chi connectivity index (χ3n) is 4.57. The predicted molar refractivity (Wildman–Crippen MR) is 104 cm³/mol. The van der Waals surface area contributed by atoms with E-state index in [9.17, 15) is 10.1 Å². The molecule has 10 heteroatoms. The van der Waals surface area contributed by atoms with Gasteiger partial charge in [0.25, 0.3) is 5.91 Å². The molecule has 0 saturated carbocycles. The van der Waals surface area contributed by atoms with Crippen LogP contribution in [0, 0.1) is 11.3 Å². The van der Waals surface area contributed by atoms with Crippen molar-refractivity contribution < 1.29 is 14.3 Å². The van der Waals surface area contributed by atoms with Gasteiger partial charge in [0.05, 0.1) is 18.3 Å². The van der Waals surface area contributed by atoms with Crippen LogP contribution in [0.4, 0.5) is 5.82 Å². The number of aromatic nitrogens is 4. The Balaban J connectivity index is 1.58. The lowest BCUT2D eigenvalue weighted by Crippen LogP contribution is -2.49. The topological polar surface area (TPSA) is 109 Å². The number of carbonyl (C=O) groups excluding carboxylic acids is 1. The van der Waals surface area contributed by atoms with E-state index in [0.717, 1.165) is 0 Å². The molecule has 29 heavy (non-hydrogen) atoms. The van der Waals surface area contributed by atoms with E-state index in [1.807, 2.05) is 18.7 Å². The van der Waals surface area contributed by atoms with E-state index in [0.29, 0.717) is 63.0 Å². The molecule has 1 aliphatic heterocycles. The van der Waals surface area contributed by atoms with Gasteiger partial charge < -0.3 is 19.3 Å². The van der Waals surface area contributed by atoms with Crippen LogP contribution in [0.1, 0.15) is 29.9 Å². The summed E-state index contributed by atoms with van der Waals surface area (Å²) in [6.07, 6.45) is 2.86. The summed E-state index contributed by atoms with van der Waals surface area (Å²) in [7, 11) is 0. The van der Waals surface area contributed by atoms with E-state index in [4.69, 9.17) is 9.47 Å². The number of hydrogen-bond acceptors (Lipinski definition) is 8. The van der Waals surface area contributed by atoms with Crippen LogP contribution in [0.15, 0.2) is 24.5 Å². The Hall–Kier alpha value is -3.03. The Labute approximate surface area is 169 Å². The van der Waals surface area contributed by atoms with Gasteiger partial charge in [0.1, 0.15) is 11.9 Å². The maximum Gasteiger partial charge on any atom is 0.276 e. The van der Waals surface area contributed by atoms with Gasteiger partial charge in [-0.05, 0) is 26.0 Å².